The van der Waals surface area contributed by atoms with Crippen LogP contribution in [0, 0.1) is 0 Å². The zero-order valence-electron chi connectivity index (χ0n) is 13.3. The lowest BCUT2D eigenvalue weighted by Gasteiger charge is -2.20. The number of hydrogen-bond acceptors (Lipinski definition) is 5. The molecule has 0 amide bonds. The van der Waals surface area contributed by atoms with Crippen molar-refractivity contribution >= 4 is 5.97 Å². The molecule has 7 nitrogen and oxygen atoms in total. The van der Waals surface area contributed by atoms with Crippen molar-refractivity contribution in [2.45, 2.75) is 38.0 Å². The van der Waals surface area contributed by atoms with Crippen molar-refractivity contribution in [2.75, 3.05) is 7.11 Å². The third kappa shape index (κ3) is 3.28. The third-order valence-corrected chi connectivity index (χ3v) is 4.06. The number of aromatic nitrogens is 4. The van der Waals surface area contributed by atoms with Crippen molar-refractivity contribution in [3.05, 3.63) is 45.9 Å². The lowest BCUT2D eigenvalue weighted by Crippen LogP contribution is -2.35. The van der Waals surface area contributed by atoms with E-state index < -0.39 is 29.4 Å². The van der Waals surface area contributed by atoms with Gasteiger partial charge in [0.1, 0.15) is 11.9 Å². The van der Waals surface area contributed by atoms with Crippen LogP contribution in [0.2, 0.25) is 0 Å². The predicted octanol–water partition coefficient (Wildman–Crippen LogP) is 1.56. The summed E-state index contributed by atoms with van der Waals surface area (Å²) >= 11 is 0. The molecule has 1 aliphatic rings. The molecule has 0 N–H and O–H groups in total. The molecule has 2 aromatic rings. The van der Waals surface area contributed by atoms with Gasteiger partial charge in [-0.2, -0.15) is 18.3 Å². The van der Waals surface area contributed by atoms with Crippen molar-refractivity contribution in [3.63, 3.8) is 0 Å². The second-order valence-corrected chi connectivity index (χ2v) is 5.69. The van der Waals surface area contributed by atoms with E-state index in [0.29, 0.717) is 25.1 Å². The quantitative estimate of drug-likeness (QED) is 0.780. The first-order chi connectivity index (χ1) is 11.8. The minimum atomic E-state index is -4.49. The summed E-state index contributed by atoms with van der Waals surface area (Å²) in [5, 5.41) is 4.14. The minimum absolute atomic E-state index is 0.0574. The molecule has 0 spiro atoms. The zero-order chi connectivity index (χ0) is 18.2. The van der Waals surface area contributed by atoms with Gasteiger partial charge in [-0.05, 0) is 25.0 Å². The molecule has 0 radical (unpaired) electrons. The van der Waals surface area contributed by atoms with E-state index in [0.717, 1.165) is 23.0 Å². The normalized spacial score (nSPS) is 17.2. The van der Waals surface area contributed by atoms with E-state index in [1.807, 2.05) is 0 Å². The molecule has 134 valence electrons. The molecular weight excluding hydrogens is 341 g/mol. The molecule has 0 fully saturated rings. The van der Waals surface area contributed by atoms with Crippen molar-refractivity contribution < 1.29 is 22.7 Å². The molecule has 0 saturated heterocycles. The Bertz CT molecular complexity index is 856. The van der Waals surface area contributed by atoms with Gasteiger partial charge in [0, 0.05) is 12.6 Å². The van der Waals surface area contributed by atoms with Gasteiger partial charge in [-0.3, -0.25) is 9.55 Å². The molecule has 1 atom stereocenters. The van der Waals surface area contributed by atoms with Crippen LogP contribution in [0.5, 0.6) is 0 Å². The number of esters is 1. The van der Waals surface area contributed by atoms with Gasteiger partial charge in [0.15, 0.2) is 0 Å². The molecule has 25 heavy (non-hydrogen) atoms. The number of alkyl halides is 3. The Balaban J connectivity index is 1.94. The summed E-state index contributed by atoms with van der Waals surface area (Å²) in [7, 11) is 1.23. The number of carbonyl (C=O) groups excluding carboxylic acids is 1. The van der Waals surface area contributed by atoms with E-state index in [4.69, 9.17) is 4.74 Å². The summed E-state index contributed by atoms with van der Waals surface area (Å²) in [6, 6.07) is 0.977. The van der Waals surface area contributed by atoms with Crippen LogP contribution in [0.25, 0.3) is 0 Å². The number of nitrogens with zero attached hydrogens (tertiary/aromatic N) is 4. The highest BCUT2D eigenvalue weighted by Crippen LogP contribution is 2.29. The molecular formula is C15H15F3N4O3. The number of pyridine rings is 1. The SMILES string of the molecule is COC(=O)[C@H]1CCCc2nn(Cc3cc(C(F)(F)F)ccn3)c(=O)n21. The molecule has 0 aliphatic carbocycles. The van der Waals surface area contributed by atoms with E-state index in [1.165, 1.54) is 11.7 Å². The highest BCUT2D eigenvalue weighted by atomic mass is 19.4. The predicted molar refractivity (Wildman–Crippen MR) is 78.8 cm³/mol. The maximum atomic E-state index is 12.8. The van der Waals surface area contributed by atoms with Gasteiger partial charge in [-0.15, -0.1) is 0 Å². The van der Waals surface area contributed by atoms with Crippen LogP contribution in [0.15, 0.2) is 23.1 Å². The van der Waals surface area contributed by atoms with Gasteiger partial charge in [-0.1, -0.05) is 0 Å². The summed E-state index contributed by atoms with van der Waals surface area (Å²) in [6.07, 6.45) is -1.83. The lowest BCUT2D eigenvalue weighted by molar-refractivity contribution is -0.145. The maximum absolute atomic E-state index is 12.8. The number of rotatable bonds is 3. The molecule has 0 aromatic carbocycles. The fraction of sp³-hybridized carbons (Fsp3) is 0.467. The fourth-order valence-electron chi connectivity index (χ4n) is 2.89. The second kappa shape index (κ2) is 6.34. The molecule has 0 bridgehead atoms. The van der Waals surface area contributed by atoms with Crippen LogP contribution in [0.4, 0.5) is 13.2 Å². The minimum Gasteiger partial charge on any atom is -0.467 e. The Kier molecular flexibility index (Phi) is 4.36. The molecule has 3 heterocycles. The smallest absolute Gasteiger partial charge is 0.416 e. The average molecular weight is 356 g/mol. The Labute approximate surface area is 140 Å². The van der Waals surface area contributed by atoms with Gasteiger partial charge in [-0.25, -0.2) is 14.3 Å². The van der Waals surface area contributed by atoms with Crippen LogP contribution < -0.4 is 5.69 Å². The zero-order valence-corrected chi connectivity index (χ0v) is 13.3. The standard InChI is InChI=1S/C15H15F3N4O3/c1-25-13(23)11-3-2-4-12-20-21(14(24)22(11)12)8-10-7-9(5-6-19-10)15(16,17)18/h5-7,11H,2-4,8H2,1H3/t11-/m1/s1. The van der Waals surface area contributed by atoms with E-state index >= 15 is 0 Å². The number of carbonyl (C=O) groups is 1. The second-order valence-electron chi connectivity index (χ2n) is 5.69. The third-order valence-electron chi connectivity index (χ3n) is 4.06. The highest BCUT2D eigenvalue weighted by molar-refractivity contribution is 5.74. The number of aryl methyl sites for hydroxylation is 1. The highest BCUT2D eigenvalue weighted by Gasteiger charge is 2.32. The topological polar surface area (TPSA) is 79.0 Å². The number of fused-ring (bicyclic) bond motifs is 1. The maximum Gasteiger partial charge on any atom is 0.416 e. The Morgan fingerprint density at radius 1 is 1.44 bits per heavy atom. The van der Waals surface area contributed by atoms with Crippen molar-refractivity contribution in [3.8, 4) is 0 Å². The van der Waals surface area contributed by atoms with Crippen molar-refractivity contribution in [2.24, 2.45) is 0 Å². The summed E-state index contributed by atoms with van der Waals surface area (Å²) < 4.78 is 45.3. The summed E-state index contributed by atoms with van der Waals surface area (Å²) in [5.74, 6) is -0.126. The molecule has 2 aromatic heterocycles. The first-order valence-corrected chi connectivity index (χ1v) is 7.59. The van der Waals surface area contributed by atoms with Gasteiger partial charge in [0.05, 0.1) is 24.9 Å². The van der Waals surface area contributed by atoms with Crippen LogP contribution in [-0.2, 0) is 28.7 Å². The summed E-state index contributed by atoms with van der Waals surface area (Å²) in [6.45, 7) is -0.212. The van der Waals surface area contributed by atoms with Gasteiger partial charge < -0.3 is 4.74 Å². The Hall–Kier alpha value is -2.65. The molecule has 3 rings (SSSR count). The number of hydrogen-bond donors (Lipinski definition) is 0. The fourth-order valence-corrected chi connectivity index (χ4v) is 2.89. The first kappa shape index (κ1) is 17.2. The molecule has 0 unspecified atom stereocenters. The largest absolute Gasteiger partial charge is 0.467 e. The molecule has 0 saturated carbocycles. The van der Waals surface area contributed by atoms with Gasteiger partial charge in [0.25, 0.3) is 0 Å². The lowest BCUT2D eigenvalue weighted by atomic mass is 10.1. The van der Waals surface area contributed by atoms with E-state index in [2.05, 4.69) is 10.1 Å². The Morgan fingerprint density at radius 2 is 2.20 bits per heavy atom. The van der Waals surface area contributed by atoms with Crippen molar-refractivity contribution in [1.82, 2.24) is 19.3 Å². The summed E-state index contributed by atoms with van der Waals surface area (Å²) in [4.78, 5) is 28.2. The number of ether oxygens (including phenoxy) is 1. The molecule has 1 aliphatic heterocycles. The van der Waals surface area contributed by atoms with Gasteiger partial charge in [0.2, 0.25) is 0 Å². The van der Waals surface area contributed by atoms with Crippen LogP contribution >= 0.6 is 0 Å². The van der Waals surface area contributed by atoms with Crippen LogP contribution in [0.1, 0.15) is 36.0 Å². The van der Waals surface area contributed by atoms with E-state index in [-0.39, 0.29) is 12.2 Å². The average Bonchev–Trinajstić information content (AvgIpc) is 2.90. The number of halogens is 3. The number of methoxy groups -OCH3 is 1. The summed E-state index contributed by atoms with van der Waals surface area (Å²) in [5.41, 5.74) is -1.35. The van der Waals surface area contributed by atoms with Gasteiger partial charge >= 0.3 is 17.8 Å². The van der Waals surface area contributed by atoms with Crippen LogP contribution in [-0.4, -0.2) is 32.4 Å². The van der Waals surface area contributed by atoms with Crippen molar-refractivity contribution in [1.29, 1.82) is 0 Å². The van der Waals surface area contributed by atoms with E-state index in [1.54, 1.807) is 0 Å². The van der Waals surface area contributed by atoms with E-state index in [9.17, 15) is 22.8 Å². The monoisotopic (exact) mass is 356 g/mol. The first-order valence-electron chi connectivity index (χ1n) is 7.59. The Morgan fingerprint density at radius 3 is 2.88 bits per heavy atom. The van der Waals surface area contributed by atoms with Crippen LogP contribution in [0.3, 0.4) is 0 Å². The molecule has 10 heteroatoms.